The molecule has 8 nitrogen and oxygen atoms in total. The number of rotatable bonds is 5. The van der Waals surface area contributed by atoms with Crippen LogP contribution in [0.2, 0.25) is 5.02 Å². The summed E-state index contributed by atoms with van der Waals surface area (Å²) in [6, 6.07) is 12.8. The van der Waals surface area contributed by atoms with Crippen LogP contribution in [-0.4, -0.2) is 33.5 Å². The molecule has 1 N–H and O–H groups in total. The molecule has 0 aliphatic carbocycles. The molecular weight excluding hydrogens is 456 g/mol. The Morgan fingerprint density at radius 3 is 2.65 bits per heavy atom. The number of ether oxygens (including phenoxy) is 2. The average molecular weight is 479 g/mol. The first-order chi connectivity index (χ1) is 16.4. The molecule has 0 spiro atoms. The van der Waals surface area contributed by atoms with Crippen LogP contribution >= 0.6 is 11.6 Å². The second-order valence-corrected chi connectivity index (χ2v) is 8.56. The number of aryl methyl sites for hydroxylation is 2. The molecule has 5 rings (SSSR count). The highest BCUT2D eigenvalue weighted by atomic mass is 35.5. The Morgan fingerprint density at radius 2 is 1.85 bits per heavy atom. The minimum absolute atomic E-state index is 0.211. The van der Waals surface area contributed by atoms with Crippen molar-refractivity contribution in [3.05, 3.63) is 81.0 Å². The molecule has 1 aliphatic heterocycles. The average Bonchev–Trinajstić information content (AvgIpc) is 3.07. The molecule has 2 aromatic carbocycles. The largest absolute Gasteiger partial charge is 0.486 e. The zero-order chi connectivity index (χ0) is 23.8. The van der Waals surface area contributed by atoms with Gasteiger partial charge < -0.3 is 19.4 Å². The number of hydrogen-bond donors (Lipinski definition) is 1. The van der Waals surface area contributed by atoms with Crippen LogP contribution < -0.4 is 20.3 Å². The first kappa shape index (κ1) is 22.0. The highest BCUT2D eigenvalue weighted by Crippen LogP contribution is 2.32. The summed E-state index contributed by atoms with van der Waals surface area (Å²) in [6.07, 6.45) is 1.64. The number of aromatic nitrogens is 3. The number of carbonyl (C=O) groups is 1. The van der Waals surface area contributed by atoms with Gasteiger partial charge in [-0.25, -0.2) is 4.68 Å². The van der Waals surface area contributed by atoms with Crippen LogP contribution in [0.4, 0.5) is 5.69 Å². The molecular formula is C25H23ClN4O4. The van der Waals surface area contributed by atoms with Crippen molar-refractivity contribution in [3.63, 3.8) is 0 Å². The maximum atomic E-state index is 13.3. The van der Waals surface area contributed by atoms with Crippen LogP contribution in [0, 0.1) is 13.8 Å². The van der Waals surface area contributed by atoms with E-state index in [1.807, 2.05) is 38.1 Å². The van der Waals surface area contributed by atoms with Gasteiger partial charge in [-0.05, 0) is 37.6 Å². The Bertz CT molecular complexity index is 1470. The van der Waals surface area contributed by atoms with E-state index >= 15 is 0 Å². The summed E-state index contributed by atoms with van der Waals surface area (Å²) in [5.74, 6) is 0.849. The third-order valence-corrected chi connectivity index (χ3v) is 6.38. The van der Waals surface area contributed by atoms with Gasteiger partial charge in [0.1, 0.15) is 19.8 Å². The number of nitrogens with one attached hydrogen (secondary N) is 1. The molecule has 174 valence electrons. The van der Waals surface area contributed by atoms with Crippen LogP contribution in [0.5, 0.6) is 11.5 Å². The van der Waals surface area contributed by atoms with E-state index in [0.717, 1.165) is 22.3 Å². The van der Waals surface area contributed by atoms with Gasteiger partial charge in [-0.15, -0.1) is 0 Å². The Balaban J connectivity index is 1.40. The lowest BCUT2D eigenvalue weighted by Gasteiger charge is -2.19. The van der Waals surface area contributed by atoms with Crippen molar-refractivity contribution in [2.75, 3.05) is 18.5 Å². The fourth-order valence-electron chi connectivity index (χ4n) is 4.25. The standard InChI is InChI=1S/C25H23ClN4O4/c1-15-19-12-27-30(14-23(31)28-18-7-8-21-22(11-18)34-10-9-33-21)25(32)24(19)16(2)29(15)13-17-5-3-4-6-20(17)26/h3-8,11-12H,9-10,13-14H2,1-2H3,(H,28,31). The Morgan fingerprint density at radius 1 is 1.09 bits per heavy atom. The minimum Gasteiger partial charge on any atom is -0.486 e. The number of fused-ring (bicyclic) bond motifs is 2. The fourth-order valence-corrected chi connectivity index (χ4v) is 4.44. The zero-order valence-corrected chi connectivity index (χ0v) is 19.6. The molecule has 0 fully saturated rings. The molecule has 34 heavy (non-hydrogen) atoms. The normalized spacial score (nSPS) is 12.7. The van der Waals surface area contributed by atoms with Gasteiger partial charge in [-0.3, -0.25) is 9.59 Å². The van der Waals surface area contributed by atoms with Crippen molar-refractivity contribution >= 4 is 34.0 Å². The molecule has 0 bridgehead atoms. The lowest BCUT2D eigenvalue weighted by molar-refractivity contribution is -0.117. The number of nitrogens with zero attached hydrogens (tertiary/aromatic N) is 3. The first-order valence-corrected chi connectivity index (χ1v) is 11.3. The lowest BCUT2D eigenvalue weighted by atomic mass is 10.2. The molecule has 0 saturated carbocycles. The molecule has 2 aromatic heterocycles. The molecule has 1 aliphatic rings. The Kier molecular flexibility index (Phi) is 5.75. The van der Waals surface area contributed by atoms with Crippen LogP contribution in [0.25, 0.3) is 10.8 Å². The van der Waals surface area contributed by atoms with Crippen molar-refractivity contribution < 1.29 is 14.3 Å². The Hall–Kier alpha value is -3.78. The van der Waals surface area contributed by atoms with Crippen molar-refractivity contribution in [1.29, 1.82) is 0 Å². The molecule has 1 amide bonds. The molecule has 0 unspecified atom stereocenters. The number of halogens is 1. The van der Waals surface area contributed by atoms with E-state index < -0.39 is 0 Å². The van der Waals surface area contributed by atoms with E-state index in [1.54, 1.807) is 24.4 Å². The van der Waals surface area contributed by atoms with Crippen molar-refractivity contribution in [2.24, 2.45) is 0 Å². The summed E-state index contributed by atoms with van der Waals surface area (Å²) in [5.41, 5.74) is 2.93. The summed E-state index contributed by atoms with van der Waals surface area (Å²) in [5, 5.41) is 9.03. The summed E-state index contributed by atoms with van der Waals surface area (Å²) in [6.45, 7) is 5.13. The predicted octanol–water partition coefficient (Wildman–Crippen LogP) is 3.93. The number of benzene rings is 2. The van der Waals surface area contributed by atoms with Gasteiger partial charge in [0, 0.05) is 40.1 Å². The maximum absolute atomic E-state index is 13.3. The number of anilines is 1. The summed E-state index contributed by atoms with van der Waals surface area (Å²) in [7, 11) is 0. The lowest BCUT2D eigenvalue weighted by Crippen LogP contribution is -2.29. The second kappa shape index (κ2) is 8.87. The predicted molar refractivity (Wildman–Crippen MR) is 130 cm³/mol. The number of hydrogen-bond acceptors (Lipinski definition) is 5. The summed E-state index contributed by atoms with van der Waals surface area (Å²) in [4.78, 5) is 25.9. The van der Waals surface area contributed by atoms with E-state index in [-0.39, 0.29) is 18.0 Å². The van der Waals surface area contributed by atoms with Crippen LogP contribution in [0.15, 0.2) is 53.5 Å². The fraction of sp³-hybridized carbons (Fsp3) is 0.240. The van der Waals surface area contributed by atoms with E-state index in [2.05, 4.69) is 15.0 Å². The van der Waals surface area contributed by atoms with E-state index in [9.17, 15) is 9.59 Å². The summed E-state index contributed by atoms with van der Waals surface area (Å²) < 4.78 is 14.3. The second-order valence-electron chi connectivity index (χ2n) is 8.15. The van der Waals surface area contributed by atoms with Gasteiger partial charge in [0.15, 0.2) is 11.5 Å². The third-order valence-electron chi connectivity index (χ3n) is 6.01. The molecule has 4 aromatic rings. The van der Waals surface area contributed by atoms with Gasteiger partial charge in [0.05, 0.1) is 11.6 Å². The highest BCUT2D eigenvalue weighted by Gasteiger charge is 2.19. The topological polar surface area (TPSA) is 87.4 Å². The Labute approximate surface area is 200 Å². The van der Waals surface area contributed by atoms with Gasteiger partial charge in [-0.1, -0.05) is 29.8 Å². The third kappa shape index (κ3) is 4.01. The van der Waals surface area contributed by atoms with Crippen molar-refractivity contribution in [3.8, 4) is 11.5 Å². The molecule has 0 radical (unpaired) electrons. The summed E-state index contributed by atoms with van der Waals surface area (Å²) >= 11 is 6.35. The van der Waals surface area contributed by atoms with Gasteiger partial charge >= 0.3 is 0 Å². The monoisotopic (exact) mass is 478 g/mol. The van der Waals surface area contributed by atoms with Crippen molar-refractivity contribution in [2.45, 2.75) is 26.9 Å². The van der Waals surface area contributed by atoms with E-state index in [0.29, 0.717) is 47.4 Å². The molecule has 9 heteroatoms. The zero-order valence-electron chi connectivity index (χ0n) is 18.8. The number of amides is 1. The quantitative estimate of drug-likeness (QED) is 0.469. The van der Waals surface area contributed by atoms with Crippen LogP contribution in [0.3, 0.4) is 0 Å². The molecule has 0 saturated heterocycles. The minimum atomic E-state index is -0.365. The molecule has 3 heterocycles. The van der Waals surface area contributed by atoms with Crippen LogP contribution in [-0.2, 0) is 17.9 Å². The van der Waals surface area contributed by atoms with Gasteiger partial charge in [0.2, 0.25) is 5.91 Å². The SMILES string of the molecule is Cc1c2cnn(CC(=O)Nc3ccc4c(c3)OCCO4)c(=O)c2c(C)n1Cc1ccccc1Cl. The van der Waals surface area contributed by atoms with Gasteiger partial charge in [0.25, 0.3) is 5.56 Å². The maximum Gasteiger partial charge on any atom is 0.276 e. The highest BCUT2D eigenvalue weighted by molar-refractivity contribution is 6.31. The van der Waals surface area contributed by atoms with E-state index in [1.165, 1.54) is 4.68 Å². The van der Waals surface area contributed by atoms with E-state index in [4.69, 9.17) is 21.1 Å². The van der Waals surface area contributed by atoms with Crippen molar-refractivity contribution in [1.82, 2.24) is 14.3 Å². The number of carbonyl (C=O) groups excluding carboxylic acids is 1. The smallest absolute Gasteiger partial charge is 0.276 e. The first-order valence-electron chi connectivity index (χ1n) is 10.9. The molecule has 0 atom stereocenters. The van der Waals surface area contributed by atoms with Crippen LogP contribution in [0.1, 0.15) is 17.0 Å². The van der Waals surface area contributed by atoms with Gasteiger partial charge in [-0.2, -0.15) is 5.10 Å².